The Hall–Kier alpha value is -2.13. The number of hydrogen-bond acceptors (Lipinski definition) is 2. The third kappa shape index (κ3) is 2.89. The van der Waals surface area contributed by atoms with Crippen LogP contribution in [0.25, 0.3) is 16.9 Å². The van der Waals surface area contributed by atoms with Crippen LogP contribution in [0.4, 0.5) is 0 Å². The van der Waals surface area contributed by atoms with E-state index in [2.05, 4.69) is 64.9 Å². The van der Waals surface area contributed by atoms with Crippen molar-refractivity contribution in [3.8, 4) is 11.3 Å². The Labute approximate surface area is 137 Å². The van der Waals surface area contributed by atoms with Gasteiger partial charge >= 0.3 is 0 Å². The van der Waals surface area contributed by atoms with Gasteiger partial charge in [-0.25, -0.2) is 4.98 Å². The maximum absolute atomic E-state index is 4.95. The van der Waals surface area contributed by atoms with Crippen LogP contribution < -0.4 is 0 Å². The summed E-state index contributed by atoms with van der Waals surface area (Å²) in [5.74, 6) is 0. The second kappa shape index (κ2) is 6.17. The molecule has 1 aromatic carbocycles. The topological polar surface area (TPSA) is 20.5 Å². The molecule has 3 heteroatoms. The zero-order valence-electron chi connectivity index (χ0n) is 13.7. The molecule has 1 saturated heterocycles. The van der Waals surface area contributed by atoms with E-state index < -0.39 is 0 Å². The molecular weight excluding hydrogens is 282 g/mol. The summed E-state index contributed by atoms with van der Waals surface area (Å²) < 4.78 is 2.27. The monoisotopic (exact) mass is 305 g/mol. The molecule has 0 amide bonds. The Morgan fingerprint density at radius 3 is 2.57 bits per heavy atom. The molecule has 1 fully saturated rings. The van der Waals surface area contributed by atoms with Crippen LogP contribution in [0.2, 0.25) is 0 Å². The van der Waals surface area contributed by atoms with Crippen molar-refractivity contribution < 1.29 is 0 Å². The van der Waals surface area contributed by atoms with Crippen LogP contribution in [0.3, 0.4) is 0 Å². The molecule has 4 rings (SSSR count). The summed E-state index contributed by atoms with van der Waals surface area (Å²) in [5.41, 5.74) is 5.96. The van der Waals surface area contributed by atoms with Gasteiger partial charge in [0.15, 0.2) is 0 Å². The molecule has 0 radical (unpaired) electrons. The van der Waals surface area contributed by atoms with Gasteiger partial charge in [-0.2, -0.15) is 0 Å². The smallest absolute Gasteiger partial charge is 0.137 e. The molecule has 3 nitrogen and oxygen atoms in total. The van der Waals surface area contributed by atoms with Crippen LogP contribution in [-0.2, 0) is 6.54 Å². The normalized spacial score (nSPS) is 16.0. The fourth-order valence-corrected chi connectivity index (χ4v) is 3.50. The number of benzene rings is 1. The maximum atomic E-state index is 4.95. The van der Waals surface area contributed by atoms with Crippen LogP contribution in [-0.4, -0.2) is 27.4 Å². The van der Waals surface area contributed by atoms with Crippen molar-refractivity contribution in [3.05, 3.63) is 59.9 Å². The van der Waals surface area contributed by atoms with E-state index in [-0.39, 0.29) is 0 Å². The summed E-state index contributed by atoms with van der Waals surface area (Å²) in [5, 5.41) is 0. The van der Waals surface area contributed by atoms with Gasteiger partial charge in [0.2, 0.25) is 0 Å². The van der Waals surface area contributed by atoms with Crippen LogP contribution in [0.5, 0.6) is 0 Å². The van der Waals surface area contributed by atoms with Gasteiger partial charge in [0.25, 0.3) is 0 Å². The van der Waals surface area contributed by atoms with Gasteiger partial charge in [0.05, 0.1) is 11.4 Å². The Bertz CT molecular complexity index is 798. The minimum Gasteiger partial charge on any atom is -0.302 e. The number of likely N-dealkylation sites (tertiary alicyclic amines) is 1. The largest absolute Gasteiger partial charge is 0.302 e. The van der Waals surface area contributed by atoms with Crippen LogP contribution >= 0.6 is 0 Å². The number of imidazole rings is 1. The van der Waals surface area contributed by atoms with E-state index in [1.807, 2.05) is 0 Å². The number of piperidine rings is 1. The van der Waals surface area contributed by atoms with Gasteiger partial charge in [0, 0.05) is 18.3 Å². The van der Waals surface area contributed by atoms with Crippen molar-refractivity contribution in [2.45, 2.75) is 32.7 Å². The fourth-order valence-electron chi connectivity index (χ4n) is 3.50. The van der Waals surface area contributed by atoms with Crippen molar-refractivity contribution in [2.24, 2.45) is 0 Å². The molecule has 0 saturated carbocycles. The van der Waals surface area contributed by atoms with Gasteiger partial charge in [-0.15, -0.1) is 0 Å². The van der Waals surface area contributed by atoms with Gasteiger partial charge in [-0.1, -0.05) is 36.8 Å². The Morgan fingerprint density at radius 1 is 1.00 bits per heavy atom. The highest BCUT2D eigenvalue weighted by Gasteiger charge is 2.18. The lowest BCUT2D eigenvalue weighted by Crippen LogP contribution is -2.29. The molecule has 0 unspecified atom stereocenters. The molecule has 0 N–H and O–H groups in total. The lowest BCUT2D eigenvalue weighted by Gasteiger charge is -2.26. The van der Waals surface area contributed by atoms with E-state index in [0.29, 0.717) is 0 Å². The van der Waals surface area contributed by atoms with E-state index in [0.717, 1.165) is 17.9 Å². The van der Waals surface area contributed by atoms with Crippen molar-refractivity contribution in [1.82, 2.24) is 14.3 Å². The number of hydrogen-bond donors (Lipinski definition) is 0. The van der Waals surface area contributed by atoms with Crippen molar-refractivity contribution in [1.29, 1.82) is 0 Å². The number of rotatable bonds is 3. The highest BCUT2D eigenvalue weighted by Crippen LogP contribution is 2.26. The summed E-state index contributed by atoms with van der Waals surface area (Å²) in [4.78, 5) is 7.51. The molecule has 0 atom stereocenters. The average Bonchev–Trinajstić information content (AvgIpc) is 2.94. The summed E-state index contributed by atoms with van der Waals surface area (Å²) in [6, 6.07) is 14.9. The first-order valence-electron chi connectivity index (χ1n) is 8.56. The SMILES string of the molecule is Cc1ccn2c(CN3CCCCC3)c(-c3ccccc3)nc2c1. The molecule has 0 bridgehead atoms. The standard InChI is InChI=1S/C20H23N3/c1-16-10-13-23-18(15-22-11-6-3-7-12-22)20(21-19(23)14-16)17-8-4-2-5-9-17/h2,4-5,8-10,13-14H,3,6-7,11-12,15H2,1H3. The first-order valence-corrected chi connectivity index (χ1v) is 8.56. The molecule has 1 aliphatic rings. The molecule has 3 aromatic rings. The quantitative estimate of drug-likeness (QED) is 0.719. The molecule has 23 heavy (non-hydrogen) atoms. The highest BCUT2D eigenvalue weighted by atomic mass is 15.2. The number of aryl methyl sites for hydroxylation is 1. The number of aromatic nitrogens is 2. The molecule has 3 heterocycles. The van der Waals surface area contributed by atoms with E-state index in [1.165, 1.54) is 49.2 Å². The molecule has 118 valence electrons. The molecule has 2 aromatic heterocycles. The van der Waals surface area contributed by atoms with Crippen LogP contribution in [0.15, 0.2) is 48.7 Å². The van der Waals surface area contributed by atoms with Gasteiger partial charge in [0.1, 0.15) is 5.65 Å². The van der Waals surface area contributed by atoms with Gasteiger partial charge in [-0.05, 0) is 50.6 Å². The molecular formula is C20H23N3. The molecule has 0 aliphatic carbocycles. The van der Waals surface area contributed by atoms with Crippen molar-refractivity contribution in [2.75, 3.05) is 13.1 Å². The zero-order valence-corrected chi connectivity index (χ0v) is 13.7. The minimum atomic E-state index is 0.981. The van der Waals surface area contributed by atoms with Crippen molar-refractivity contribution >= 4 is 5.65 Å². The number of pyridine rings is 1. The number of nitrogens with zero attached hydrogens (tertiary/aromatic N) is 3. The van der Waals surface area contributed by atoms with Gasteiger partial charge in [-0.3, -0.25) is 4.90 Å². The Balaban J connectivity index is 1.81. The van der Waals surface area contributed by atoms with E-state index in [4.69, 9.17) is 4.98 Å². The summed E-state index contributed by atoms with van der Waals surface area (Å²) in [6.07, 6.45) is 6.17. The zero-order chi connectivity index (χ0) is 15.6. The molecule has 0 spiro atoms. The maximum Gasteiger partial charge on any atom is 0.137 e. The van der Waals surface area contributed by atoms with Gasteiger partial charge < -0.3 is 4.40 Å². The first-order chi connectivity index (χ1) is 11.3. The molecule has 1 aliphatic heterocycles. The van der Waals surface area contributed by atoms with Crippen LogP contribution in [0, 0.1) is 6.92 Å². The Kier molecular flexibility index (Phi) is 3.88. The minimum absolute atomic E-state index is 0.981. The Morgan fingerprint density at radius 2 is 1.78 bits per heavy atom. The average molecular weight is 305 g/mol. The summed E-state index contributed by atoms with van der Waals surface area (Å²) in [7, 11) is 0. The highest BCUT2D eigenvalue weighted by molar-refractivity contribution is 5.66. The number of fused-ring (bicyclic) bond motifs is 1. The first kappa shape index (κ1) is 14.5. The lowest BCUT2D eigenvalue weighted by atomic mass is 10.1. The van der Waals surface area contributed by atoms with Crippen LogP contribution in [0.1, 0.15) is 30.5 Å². The second-order valence-corrected chi connectivity index (χ2v) is 6.54. The van der Waals surface area contributed by atoms with E-state index >= 15 is 0 Å². The van der Waals surface area contributed by atoms with E-state index in [1.54, 1.807) is 0 Å². The summed E-state index contributed by atoms with van der Waals surface area (Å²) >= 11 is 0. The summed E-state index contributed by atoms with van der Waals surface area (Å²) in [6.45, 7) is 5.51. The second-order valence-electron chi connectivity index (χ2n) is 6.54. The predicted octanol–water partition coefficient (Wildman–Crippen LogP) is 4.30. The fraction of sp³-hybridized carbons (Fsp3) is 0.350. The predicted molar refractivity (Wildman–Crippen MR) is 94.5 cm³/mol. The third-order valence-electron chi connectivity index (χ3n) is 4.75. The third-order valence-corrected chi connectivity index (χ3v) is 4.75. The lowest BCUT2D eigenvalue weighted by molar-refractivity contribution is 0.218. The van der Waals surface area contributed by atoms with Crippen molar-refractivity contribution in [3.63, 3.8) is 0 Å². The van der Waals surface area contributed by atoms with E-state index in [9.17, 15) is 0 Å².